The summed E-state index contributed by atoms with van der Waals surface area (Å²) in [6.45, 7) is 7.55. The number of fused-ring (bicyclic) bond motifs is 1. The van der Waals surface area contributed by atoms with Gasteiger partial charge in [0, 0.05) is 11.1 Å². The minimum Gasteiger partial charge on any atom is -0.462 e. The Morgan fingerprint density at radius 3 is 2.58 bits per heavy atom. The first kappa shape index (κ1) is 13.3. The second kappa shape index (κ2) is 4.88. The number of nitrogens with one attached hydrogen (secondary N) is 1. The Labute approximate surface area is 111 Å². The van der Waals surface area contributed by atoms with E-state index in [2.05, 4.69) is 4.98 Å². The molecule has 0 aliphatic carbocycles. The van der Waals surface area contributed by atoms with E-state index in [1.165, 1.54) is 0 Å². The second-order valence-corrected chi connectivity index (χ2v) is 4.68. The maximum atomic E-state index is 12.4. The summed E-state index contributed by atoms with van der Waals surface area (Å²) in [6, 6.07) is 3.80. The van der Waals surface area contributed by atoms with Crippen molar-refractivity contribution >= 4 is 16.9 Å². The number of aromatic nitrogens is 1. The quantitative estimate of drug-likeness (QED) is 0.843. The third-order valence-corrected chi connectivity index (χ3v) is 3.12. The van der Waals surface area contributed by atoms with Gasteiger partial charge in [0.1, 0.15) is 5.56 Å². The molecular weight excluding hydrogens is 242 g/mol. The van der Waals surface area contributed by atoms with Crippen LogP contribution in [0.25, 0.3) is 10.9 Å². The molecule has 0 saturated carbocycles. The molecule has 0 aliphatic rings. The van der Waals surface area contributed by atoms with Crippen LogP contribution < -0.4 is 5.43 Å². The van der Waals surface area contributed by atoms with Gasteiger partial charge >= 0.3 is 5.97 Å². The lowest BCUT2D eigenvalue weighted by Crippen LogP contribution is -2.21. The van der Waals surface area contributed by atoms with Crippen LogP contribution in [-0.2, 0) is 4.74 Å². The Balaban J connectivity index is 2.82. The first-order valence-electron chi connectivity index (χ1n) is 6.26. The number of carbonyl (C=O) groups is 1. The van der Waals surface area contributed by atoms with Crippen molar-refractivity contribution in [1.29, 1.82) is 0 Å². The number of aromatic amines is 1. The molecule has 1 heterocycles. The van der Waals surface area contributed by atoms with Gasteiger partial charge in [-0.1, -0.05) is 6.07 Å². The Hall–Kier alpha value is -2.10. The van der Waals surface area contributed by atoms with Crippen LogP contribution in [0.4, 0.5) is 0 Å². The standard InChI is InChI=1S/C15H17NO3/c1-5-19-15(18)12-10(4)16-13-9(3)6-8(2)7-11(13)14(12)17/h6-7H,5H2,1-4H3,(H,16,17). The molecule has 0 atom stereocenters. The van der Waals surface area contributed by atoms with Crippen LogP contribution in [0.5, 0.6) is 0 Å². The van der Waals surface area contributed by atoms with Gasteiger partial charge in [-0.3, -0.25) is 4.79 Å². The molecule has 0 fully saturated rings. The highest BCUT2D eigenvalue weighted by atomic mass is 16.5. The Bertz CT molecular complexity index is 713. The Morgan fingerprint density at radius 1 is 1.26 bits per heavy atom. The van der Waals surface area contributed by atoms with E-state index >= 15 is 0 Å². The van der Waals surface area contributed by atoms with E-state index in [1.807, 2.05) is 19.9 Å². The molecule has 1 aromatic carbocycles. The van der Waals surface area contributed by atoms with Crippen LogP contribution in [0.1, 0.15) is 34.1 Å². The highest BCUT2D eigenvalue weighted by Gasteiger charge is 2.18. The summed E-state index contributed by atoms with van der Waals surface area (Å²) in [4.78, 5) is 27.4. The number of hydrogen-bond donors (Lipinski definition) is 1. The largest absolute Gasteiger partial charge is 0.462 e. The SMILES string of the molecule is CCOC(=O)c1c(C)[nH]c2c(C)cc(C)cc2c1=O. The fraction of sp³-hybridized carbons (Fsp3) is 0.333. The maximum Gasteiger partial charge on any atom is 0.343 e. The molecule has 2 rings (SSSR count). The van der Waals surface area contributed by atoms with Crippen molar-refractivity contribution < 1.29 is 9.53 Å². The molecule has 19 heavy (non-hydrogen) atoms. The number of pyridine rings is 1. The fourth-order valence-electron chi connectivity index (χ4n) is 2.32. The van der Waals surface area contributed by atoms with Crippen LogP contribution in [-0.4, -0.2) is 17.6 Å². The lowest BCUT2D eigenvalue weighted by molar-refractivity contribution is 0.0523. The average Bonchev–Trinajstić information content (AvgIpc) is 2.31. The van der Waals surface area contributed by atoms with Crippen LogP contribution in [0.15, 0.2) is 16.9 Å². The summed E-state index contributed by atoms with van der Waals surface area (Å²) >= 11 is 0. The maximum absolute atomic E-state index is 12.4. The van der Waals surface area contributed by atoms with Gasteiger partial charge in [-0.05, 0) is 44.9 Å². The number of esters is 1. The molecule has 2 aromatic rings. The molecule has 0 amide bonds. The van der Waals surface area contributed by atoms with E-state index < -0.39 is 5.97 Å². The van der Waals surface area contributed by atoms with E-state index in [9.17, 15) is 9.59 Å². The monoisotopic (exact) mass is 259 g/mol. The predicted molar refractivity (Wildman–Crippen MR) is 74.7 cm³/mol. The van der Waals surface area contributed by atoms with E-state index in [4.69, 9.17) is 4.74 Å². The van der Waals surface area contributed by atoms with Gasteiger partial charge in [-0.15, -0.1) is 0 Å². The number of rotatable bonds is 2. The fourth-order valence-corrected chi connectivity index (χ4v) is 2.32. The number of carbonyl (C=O) groups excluding carboxylic acids is 1. The van der Waals surface area contributed by atoms with E-state index in [1.54, 1.807) is 19.9 Å². The molecule has 1 N–H and O–H groups in total. The molecular formula is C15H17NO3. The third-order valence-electron chi connectivity index (χ3n) is 3.12. The summed E-state index contributed by atoms with van der Waals surface area (Å²) in [5, 5.41) is 0.533. The second-order valence-electron chi connectivity index (χ2n) is 4.68. The topological polar surface area (TPSA) is 59.2 Å². The van der Waals surface area contributed by atoms with Crippen LogP contribution in [0.3, 0.4) is 0 Å². The summed E-state index contributed by atoms with van der Waals surface area (Å²) in [5.41, 5.74) is 3.14. The van der Waals surface area contributed by atoms with Gasteiger partial charge in [0.15, 0.2) is 0 Å². The lowest BCUT2D eigenvalue weighted by Gasteiger charge is -2.10. The minimum absolute atomic E-state index is 0.0966. The first-order valence-corrected chi connectivity index (χ1v) is 6.26. The number of ether oxygens (including phenoxy) is 1. The minimum atomic E-state index is -0.567. The van der Waals surface area contributed by atoms with Crippen molar-refractivity contribution in [1.82, 2.24) is 4.98 Å². The van der Waals surface area contributed by atoms with Crippen molar-refractivity contribution in [3.63, 3.8) is 0 Å². The van der Waals surface area contributed by atoms with Crippen molar-refractivity contribution in [2.45, 2.75) is 27.7 Å². The summed E-state index contributed by atoms with van der Waals surface area (Å²) in [6.07, 6.45) is 0. The van der Waals surface area contributed by atoms with E-state index in [0.29, 0.717) is 11.1 Å². The zero-order valence-corrected chi connectivity index (χ0v) is 11.6. The summed E-state index contributed by atoms with van der Waals surface area (Å²) in [5.74, 6) is -0.567. The molecule has 0 radical (unpaired) electrons. The van der Waals surface area contributed by atoms with E-state index in [0.717, 1.165) is 16.6 Å². The Morgan fingerprint density at radius 2 is 1.95 bits per heavy atom. The van der Waals surface area contributed by atoms with Crippen LogP contribution in [0.2, 0.25) is 0 Å². The number of benzene rings is 1. The molecule has 4 nitrogen and oxygen atoms in total. The van der Waals surface area contributed by atoms with Crippen molar-refractivity contribution in [3.8, 4) is 0 Å². The molecule has 4 heteroatoms. The molecule has 0 unspecified atom stereocenters. The smallest absolute Gasteiger partial charge is 0.343 e. The Kier molecular flexibility index (Phi) is 3.42. The predicted octanol–water partition coefficient (Wildman–Crippen LogP) is 2.63. The van der Waals surface area contributed by atoms with Crippen LogP contribution in [0, 0.1) is 20.8 Å². The molecule has 100 valence electrons. The zero-order valence-electron chi connectivity index (χ0n) is 11.6. The third kappa shape index (κ3) is 2.26. The van der Waals surface area contributed by atoms with Gasteiger partial charge in [-0.2, -0.15) is 0 Å². The molecule has 0 saturated heterocycles. The molecule has 0 bridgehead atoms. The van der Waals surface area contributed by atoms with Gasteiger partial charge in [0.25, 0.3) is 0 Å². The highest BCUT2D eigenvalue weighted by Crippen LogP contribution is 2.18. The summed E-state index contributed by atoms with van der Waals surface area (Å²) < 4.78 is 4.94. The van der Waals surface area contributed by atoms with Crippen LogP contribution >= 0.6 is 0 Å². The molecule has 0 aliphatic heterocycles. The lowest BCUT2D eigenvalue weighted by atomic mass is 10.0. The highest BCUT2D eigenvalue weighted by molar-refractivity contribution is 5.95. The van der Waals surface area contributed by atoms with Crippen molar-refractivity contribution in [2.75, 3.05) is 6.61 Å². The van der Waals surface area contributed by atoms with Crippen molar-refractivity contribution in [2.24, 2.45) is 0 Å². The van der Waals surface area contributed by atoms with Gasteiger partial charge in [0.2, 0.25) is 5.43 Å². The number of hydrogen-bond acceptors (Lipinski definition) is 3. The molecule has 0 spiro atoms. The normalized spacial score (nSPS) is 10.7. The molecule has 1 aromatic heterocycles. The van der Waals surface area contributed by atoms with Gasteiger partial charge < -0.3 is 9.72 Å². The number of H-pyrrole nitrogens is 1. The first-order chi connectivity index (χ1) is 8.95. The number of aryl methyl sites for hydroxylation is 3. The average molecular weight is 259 g/mol. The van der Waals surface area contributed by atoms with Crippen molar-refractivity contribution in [3.05, 3.63) is 44.7 Å². The summed E-state index contributed by atoms with van der Waals surface area (Å²) in [7, 11) is 0. The van der Waals surface area contributed by atoms with Gasteiger partial charge in [-0.25, -0.2) is 4.79 Å². The van der Waals surface area contributed by atoms with E-state index in [-0.39, 0.29) is 17.6 Å². The zero-order chi connectivity index (χ0) is 14.2. The van der Waals surface area contributed by atoms with Gasteiger partial charge in [0.05, 0.1) is 12.1 Å².